The van der Waals surface area contributed by atoms with Crippen LogP contribution in [0, 0.1) is 11.3 Å². The number of carbonyl (C=O) groups is 2. The van der Waals surface area contributed by atoms with Crippen LogP contribution in [0.4, 0.5) is 5.00 Å². The van der Waals surface area contributed by atoms with Gasteiger partial charge in [-0.05, 0) is 24.4 Å². The second kappa shape index (κ2) is 8.29. The predicted octanol–water partition coefficient (Wildman–Crippen LogP) is 0.601. The molecule has 2 aromatic heterocycles. The third-order valence-electron chi connectivity index (χ3n) is 3.56. The van der Waals surface area contributed by atoms with Gasteiger partial charge in [0.25, 0.3) is 11.5 Å². The highest BCUT2D eigenvalue weighted by atomic mass is 32.1. The number of carbonyl (C=O) groups excluding carboxylic acids is 2. The highest BCUT2D eigenvalue weighted by Crippen LogP contribution is 2.22. The normalized spacial score (nSPS) is 11.8. The fourth-order valence-corrected chi connectivity index (χ4v) is 2.82. The Bertz CT molecular complexity index is 1070. The van der Waals surface area contributed by atoms with E-state index in [0.717, 1.165) is 10.6 Å². The fourth-order valence-electron chi connectivity index (χ4n) is 2.08. The van der Waals surface area contributed by atoms with Crippen molar-refractivity contribution in [3.63, 3.8) is 0 Å². The molecular formula is C17H16N4O5S. The molecule has 2 rings (SSSR count). The Kier molecular flexibility index (Phi) is 6.10. The maximum absolute atomic E-state index is 12.1. The maximum Gasteiger partial charge on any atom is 0.331 e. The summed E-state index contributed by atoms with van der Waals surface area (Å²) < 4.78 is 7.10. The number of hydrogen-bond acceptors (Lipinski definition) is 7. The van der Waals surface area contributed by atoms with Gasteiger partial charge >= 0.3 is 11.7 Å². The van der Waals surface area contributed by atoms with E-state index in [1.165, 1.54) is 49.2 Å². The van der Waals surface area contributed by atoms with Crippen molar-refractivity contribution >= 4 is 34.3 Å². The molecule has 10 heteroatoms. The van der Waals surface area contributed by atoms with Crippen molar-refractivity contribution in [2.24, 2.45) is 14.1 Å². The number of nitriles is 1. The summed E-state index contributed by atoms with van der Waals surface area (Å²) in [6, 6.07) is 3.50. The number of esters is 1. The Morgan fingerprint density at radius 3 is 2.74 bits per heavy atom. The zero-order valence-electron chi connectivity index (χ0n) is 14.8. The van der Waals surface area contributed by atoms with Crippen LogP contribution < -0.4 is 16.6 Å². The van der Waals surface area contributed by atoms with Crippen LogP contribution in [0.3, 0.4) is 0 Å². The van der Waals surface area contributed by atoms with Crippen LogP contribution in [0.1, 0.15) is 18.1 Å². The van der Waals surface area contributed by atoms with Gasteiger partial charge in [-0.3, -0.25) is 14.2 Å². The summed E-state index contributed by atoms with van der Waals surface area (Å²) >= 11 is 1.18. The number of ether oxygens (including phenoxy) is 1. The monoisotopic (exact) mass is 388 g/mol. The standard InChI is InChI=1S/C17H16N4O5S/c1-10(14(23)19-15-11(8-18)6-7-27-15)26-13(22)5-4-12-9-20(2)17(25)21(3)16(12)24/h4-7,9-10H,1-3H3,(H,19,23)/b5-4+. The molecule has 2 aromatic rings. The zero-order valence-corrected chi connectivity index (χ0v) is 15.6. The summed E-state index contributed by atoms with van der Waals surface area (Å²) in [7, 11) is 2.80. The largest absolute Gasteiger partial charge is 0.449 e. The molecule has 1 amide bonds. The second-order valence-corrected chi connectivity index (χ2v) is 6.44. The molecule has 2 heterocycles. The molecule has 140 valence electrons. The van der Waals surface area contributed by atoms with Crippen molar-refractivity contribution < 1.29 is 14.3 Å². The van der Waals surface area contributed by atoms with Crippen LogP contribution in [0.25, 0.3) is 6.08 Å². The van der Waals surface area contributed by atoms with E-state index in [4.69, 9.17) is 10.00 Å². The molecule has 0 aliphatic heterocycles. The molecule has 9 nitrogen and oxygen atoms in total. The summed E-state index contributed by atoms with van der Waals surface area (Å²) in [5.74, 6) is -1.42. The van der Waals surface area contributed by atoms with E-state index >= 15 is 0 Å². The Labute approximate surface area is 157 Å². The first kappa shape index (κ1) is 19.9. The second-order valence-electron chi connectivity index (χ2n) is 5.52. The first-order chi connectivity index (χ1) is 12.7. The average molecular weight is 388 g/mol. The molecule has 0 radical (unpaired) electrons. The summed E-state index contributed by atoms with van der Waals surface area (Å²) in [5.41, 5.74) is -0.617. The molecular weight excluding hydrogens is 372 g/mol. The van der Waals surface area contributed by atoms with E-state index in [9.17, 15) is 19.2 Å². The molecule has 0 aliphatic carbocycles. The van der Waals surface area contributed by atoms with Crippen molar-refractivity contribution in [2.75, 3.05) is 5.32 Å². The first-order valence-electron chi connectivity index (χ1n) is 7.68. The average Bonchev–Trinajstić information content (AvgIpc) is 3.08. The van der Waals surface area contributed by atoms with Gasteiger partial charge in [0.1, 0.15) is 11.1 Å². The number of thiophene rings is 1. The van der Waals surface area contributed by atoms with Crippen molar-refractivity contribution in [1.29, 1.82) is 5.26 Å². The molecule has 0 bridgehead atoms. The number of nitrogens with one attached hydrogen (secondary N) is 1. The van der Waals surface area contributed by atoms with Crippen LogP contribution in [0.2, 0.25) is 0 Å². The van der Waals surface area contributed by atoms with E-state index in [-0.39, 0.29) is 5.56 Å². The lowest BCUT2D eigenvalue weighted by atomic mass is 10.3. The highest BCUT2D eigenvalue weighted by molar-refractivity contribution is 7.14. The predicted molar refractivity (Wildman–Crippen MR) is 99.2 cm³/mol. The molecule has 0 aliphatic rings. The summed E-state index contributed by atoms with van der Waals surface area (Å²) in [4.78, 5) is 47.6. The van der Waals surface area contributed by atoms with Crippen molar-refractivity contribution in [2.45, 2.75) is 13.0 Å². The fraction of sp³-hybridized carbons (Fsp3) is 0.235. The molecule has 0 fully saturated rings. The first-order valence-corrected chi connectivity index (χ1v) is 8.56. The van der Waals surface area contributed by atoms with Crippen molar-refractivity contribution in [1.82, 2.24) is 9.13 Å². The number of amides is 1. The number of rotatable bonds is 5. The van der Waals surface area contributed by atoms with Crippen LogP contribution in [0.5, 0.6) is 0 Å². The molecule has 0 aromatic carbocycles. The minimum atomic E-state index is -1.11. The molecule has 1 atom stereocenters. The third kappa shape index (κ3) is 4.59. The third-order valence-corrected chi connectivity index (χ3v) is 4.39. The quantitative estimate of drug-likeness (QED) is 0.591. The topological polar surface area (TPSA) is 123 Å². The maximum atomic E-state index is 12.1. The molecule has 0 saturated carbocycles. The van der Waals surface area contributed by atoms with Crippen LogP contribution in [-0.2, 0) is 28.4 Å². The molecule has 0 saturated heterocycles. The number of aryl methyl sites for hydroxylation is 1. The SMILES string of the molecule is CC(OC(=O)/C=C/c1cn(C)c(=O)n(C)c1=O)C(=O)Nc1sccc1C#N. The van der Waals surface area contributed by atoms with E-state index < -0.39 is 29.2 Å². The van der Waals surface area contributed by atoms with Crippen LogP contribution in [-0.4, -0.2) is 27.1 Å². The summed E-state index contributed by atoms with van der Waals surface area (Å²) in [6.07, 6.45) is 2.39. The van der Waals surface area contributed by atoms with Gasteiger partial charge in [-0.1, -0.05) is 0 Å². The lowest BCUT2D eigenvalue weighted by molar-refractivity contribution is -0.148. The van der Waals surface area contributed by atoms with Crippen LogP contribution in [0.15, 0.2) is 33.3 Å². The molecule has 1 N–H and O–H groups in total. The van der Waals surface area contributed by atoms with Gasteiger partial charge in [0.15, 0.2) is 6.10 Å². The number of nitrogens with zero attached hydrogens (tertiary/aromatic N) is 3. The minimum absolute atomic E-state index is 0.117. The van der Waals surface area contributed by atoms with Gasteiger partial charge < -0.3 is 14.6 Å². The minimum Gasteiger partial charge on any atom is -0.449 e. The Hall–Kier alpha value is -3.45. The lowest BCUT2D eigenvalue weighted by Gasteiger charge is -2.11. The lowest BCUT2D eigenvalue weighted by Crippen LogP contribution is -2.37. The highest BCUT2D eigenvalue weighted by Gasteiger charge is 2.18. The van der Waals surface area contributed by atoms with E-state index in [2.05, 4.69) is 5.32 Å². The molecule has 0 spiro atoms. The van der Waals surface area contributed by atoms with Gasteiger partial charge in [-0.15, -0.1) is 11.3 Å². The van der Waals surface area contributed by atoms with Gasteiger partial charge in [-0.2, -0.15) is 5.26 Å². The number of aromatic nitrogens is 2. The van der Waals surface area contributed by atoms with E-state index in [1.807, 2.05) is 6.07 Å². The van der Waals surface area contributed by atoms with Gasteiger partial charge in [0.2, 0.25) is 0 Å². The van der Waals surface area contributed by atoms with Crippen LogP contribution >= 0.6 is 11.3 Å². The number of hydrogen-bond donors (Lipinski definition) is 1. The molecule has 1 unspecified atom stereocenters. The zero-order chi connectivity index (χ0) is 20.1. The summed E-state index contributed by atoms with van der Waals surface area (Å²) in [6.45, 7) is 1.38. The van der Waals surface area contributed by atoms with Gasteiger partial charge in [0, 0.05) is 26.4 Å². The van der Waals surface area contributed by atoms with E-state index in [0.29, 0.717) is 10.6 Å². The van der Waals surface area contributed by atoms with Gasteiger partial charge in [-0.25, -0.2) is 9.59 Å². The number of anilines is 1. The van der Waals surface area contributed by atoms with Crippen molar-refractivity contribution in [3.05, 3.63) is 55.7 Å². The smallest absolute Gasteiger partial charge is 0.331 e. The molecule has 27 heavy (non-hydrogen) atoms. The van der Waals surface area contributed by atoms with E-state index in [1.54, 1.807) is 11.4 Å². The Morgan fingerprint density at radius 2 is 2.07 bits per heavy atom. The van der Waals surface area contributed by atoms with Crippen molar-refractivity contribution in [3.8, 4) is 6.07 Å². The Morgan fingerprint density at radius 1 is 1.37 bits per heavy atom. The van der Waals surface area contributed by atoms with Gasteiger partial charge in [0.05, 0.1) is 11.1 Å². The Balaban J connectivity index is 2.04. The summed E-state index contributed by atoms with van der Waals surface area (Å²) in [5, 5.41) is 13.5.